The first-order chi connectivity index (χ1) is 7.29. The minimum absolute atomic E-state index is 0.405. The average molecular weight is 225 g/mol. The van der Waals surface area contributed by atoms with Gasteiger partial charge in [-0.1, -0.05) is 13.3 Å². The Bertz CT molecular complexity index is 286. The van der Waals surface area contributed by atoms with Crippen LogP contribution in [0.2, 0.25) is 0 Å². The first-order valence-corrected chi connectivity index (χ1v) is 6.54. The third-order valence-electron chi connectivity index (χ3n) is 3.24. The smallest absolute Gasteiger partial charge is 0.107 e. The standard InChI is InChI=1S/C11H19N3S/c1-2-9-7-14(5-3-10(9)12)8-11-13-4-6-15-11/h4,6,9-10H,2-3,5,7-8,12H2,1H3. The quantitative estimate of drug-likeness (QED) is 0.851. The minimum Gasteiger partial charge on any atom is -0.327 e. The molecule has 2 unspecified atom stereocenters. The molecular weight excluding hydrogens is 206 g/mol. The molecule has 1 aromatic rings. The zero-order valence-electron chi connectivity index (χ0n) is 9.22. The summed E-state index contributed by atoms with van der Waals surface area (Å²) >= 11 is 1.74. The van der Waals surface area contributed by atoms with Gasteiger partial charge in [-0.3, -0.25) is 4.90 Å². The van der Waals surface area contributed by atoms with E-state index in [0.29, 0.717) is 12.0 Å². The Kier molecular flexibility index (Phi) is 3.72. The predicted octanol–water partition coefficient (Wildman–Crippen LogP) is 1.70. The molecule has 0 spiro atoms. The first kappa shape index (κ1) is 11.0. The van der Waals surface area contributed by atoms with Crippen LogP contribution < -0.4 is 5.73 Å². The number of thiazole rings is 1. The van der Waals surface area contributed by atoms with E-state index in [9.17, 15) is 0 Å². The lowest BCUT2D eigenvalue weighted by atomic mass is 9.91. The molecule has 4 heteroatoms. The molecule has 15 heavy (non-hydrogen) atoms. The third kappa shape index (κ3) is 2.77. The molecule has 1 aliphatic heterocycles. The molecule has 2 heterocycles. The van der Waals surface area contributed by atoms with Crippen LogP contribution in [0, 0.1) is 5.92 Å². The fraction of sp³-hybridized carbons (Fsp3) is 0.727. The second kappa shape index (κ2) is 5.05. The Hall–Kier alpha value is -0.450. The van der Waals surface area contributed by atoms with Gasteiger partial charge in [0.1, 0.15) is 5.01 Å². The maximum atomic E-state index is 6.09. The summed E-state index contributed by atoms with van der Waals surface area (Å²) in [6.45, 7) is 5.49. The van der Waals surface area contributed by atoms with Crippen molar-refractivity contribution in [2.45, 2.75) is 32.4 Å². The number of hydrogen-bond acceptors (Lipinski definition) is 4. The first-order valence-electron chi connectivity index (χ1n) is 5.66. The maximum absolute atomic E-state index is 6.09. The highest BCUT2D eigenvalue weighted by molar-refractivity contribution is 7.09. The molecular formula is C11H19N3S. The van der Waals surface area contributed by atoms with Gasteiger partial charge in [-0.25, -0.2) is 4.98 Å². The van der Waals surface area contributed by atoms with E-state index in [0.717, 1.165) is 26.1 Å². The molecule has 2 rings (SSSR count). The van der Waals surface area contributed by atoms with Crippen molar-refractivity contribution in [3.8, 4) is 0 Å². The number of rotatable bonds is 3. The lowest BCUT2D eigenvalue weighted by Gasteiger charge is -2.36. The van der Waals surface area contributed by atoms with Gasteiger partial charge in [0.2, 0.25) is 0 Å². The van der Waals surface area contributed by atoms with Crippen molar-refractivity contribution >= 4 is 11.3 Å². The maximum Gasteiger partial charge on any atom is 0.107 e. The van der Waals surface area contributed by atoms with Crippen molar-refractivity contribution in [3.05, 3.63) is 16.6 Å². The third-order valence-corrected chi connectivity index (χ3v) is 4.01. The van der Waals surface area contributed by atoms with Crippen LogP contribution in [0.25, 0.3) is 0 Å². The van der Waals surface area contributed by atoms with Crippen LogP contribution in [-0.2, 0) is 6.54 Å². The van der Waals surface area contributed by atoms with E-state index in [4.69, 9.17) is 5.73 Å². The number of nitrogens with zero attached hydrogens (tertiary/aromatic N) is 2. The Morgan fingerprint density at radius 1 is 1.67 bits per heavy atom. The van der Waals surface area contributed by atoms with Crippen LogP contribution in [0.3, 0.4) is 0 Å². The highest BCUT2D eigenvalue weighted by atomic mass is 32.1. The van der Waals surface area contributed by atoms with Gasteiger partial charge in [0.25, 0.3) is 0 Å². The average Bonchev–Trinajstić information content (AvgIpc) is 2.73. The van der Waals surface area contributed by atoms with E-state index in [1.165, 1.54) is 11.4 Å². The lowest BCUT2D eigenvalue weighted by molar-refractivity contribution is 0.145. The monoisotopic (exact) mass is 225 g/mol. The summed E-state index contributed by atoms with van der Waals surface area (Å²) < 4.78 is 0. The van der Waals surface area contributed by atoms with E-state index in [-0.39, 0.29) is 0 Å². The molecule has 0 saturated carbocycles. The number of aromatic nitrogens is 1. The fourth-order valence-electron chi connectivity index (χ4n) is 2.22. The van der Waals surface area contributed by atoms with Gasteiger partial charge in [-0.05, 0) is 12.3 Å². The van der Waals surface area contributed by atoms with Crippen LogP contribution >= 0.6 is 11.3 Å². The number of piperidine rings is 1. The highest BCUT2D eigenvalue weighted by Gasteiger charge is 2.25. The van der Waals surface area contributed by atoms with Crippen LogP contribution in [0.15, 0.2) is 11.6 Å². The van der Waals surface area contributed by atoms with Gasteiger partial charge < -0.3 is 5.73 Å². The molecule has 1 fully saturated rings. The van der Waals surface area contributed by atoms with Gasteiger partial charge in [0.15, 0.2) is 0 Å². The zero-order chi connectivity index (χ0) is 10.7. The molecule has 2 N–H and O–H groups in total. The largest absolute Gasteiger partial charge is 0.327 e. The molecule has 1 aliphatic rings. The molecule has 0 aliphatic carbocycles. The molecule has 2 atom stereocenters. The number of hydrogen-bond donors (Lipinski definition) is 1. The van der Waals surface area contributed by atoms with Crippen molar-refractivity contribution in [3.63, 3.8) is 0 Å². The molecule has 84 valence electrons. The summed E-state index contributed by atoms with van der Waals surface area (Å²) in [6, 6.07) is 0.405. The van der Waals surface area contributed by atoms with Gasteiger partial charge in [-0.15, -0.1) is 11.3 Å². The van der Waals surface area contributed by atoms with E-state index >= 15 is 0 Å². The summed E-state index contributed by atoms with van der Waals surface area (Å²) in [5.74, 6) is 0.665. The number of likely N-dealkylation sites (tertiary alicyclic amines) is 1. The van der Waals surface area contributed by atoms with E-state index in [1.54, 1.807) is 11.3 Å². The molecule has 0 bridgehead atoms. The van der Waals surface area contributed by atoms with E-state index < -0.39 is 0 Å². The fourth-order valence-corrected chi connectivity index (χ4v) is 2.88. The van der Waals surface area contributed by atoms with Gasteiger partial charge >= 0.3 is 0 Å². The van der Waals surface area contributed by atoms with Crippen LogP contribution in [0.4, 0.5) is 0 Å². The zero-order valence-corrected chi connectivity index (χ0v) is 10.0. The summed E-state index contributed by atoms with van der Waals surface area (Å²) in [6.07, 6.45) is 4.20. The predicted molar refractivity (Wildman–Crippen MR) is 63.8 cm³/mol. The lowest BCUT2D eigenvalue weighted by Crippen LogP contribution is -2.46. The summed E-state index contributed by atoms with van der Waals surface area (Å²) in [5.41, 5.74) is 6.09. The second-order valence-electron chi connectivity index (χ2n) is 4.28. The molecule has 0 amide bonds. The summed E-state index contributed by atoms with van der Waals surface area (Å²) in [4.78, 5) is 6.81. The van der Waals surface area contributed by atoms with E-state index in [1.807, 2.05) is 11.6 Å². The highest BCUT2D eigenvalue weighted by Crippen LogP contribution is 2.20. The number of nitrogens with two attached hydrogens (primary N) is 1. The normalized spacial score (nSPS) is 28.1. The summed E-state index contributed by atoms with van der Waals surface area (Å²) in [7, 11) is 0. The van der Waals surface area contributed by atoms with Crippen molar-refractivity contribution in [2.75, 3.05) is 13.1 Å². The van der Waals surface area contributed by atoms with Gasteiger partial charge in [0.05, 0.1) is 6.54 Å². The SMILES string of the molecule is CCC1CN(Cc2nccs2)CCC1N. The molecule has 0 aromatic carbocycles. The van der Waals surface area contributed by atoms with Crippen molar-refractivity contribution in [2.24, 2.45) is 11.7 Å². The van der Waals surface area contributed by atoms with E-state index in [2.05, 4.69) is 16.8 Å². The van der Waals surface area contributed by atoms with Gasteiger partial charge in [0, 0.05) is 30.7 Å². The van der Waals surface area contributed by atoms with Crippen molar-refractivity contribution in [1.82, 2.24) is 9.88 Å². The Morgan fingerprint density at radius 3 is 3.20 bits per heavy atom. The van der Waals surface area contributed by atoms with Crippen LogP contribution in [0.1, 0.15) is 24.8 Å². The van der Waals surface area contributed by atoms with Crippen LogP contribution in [-0.4, -0.2) is 29.0 Å². The Morgan fingerprint density at radius 2 is 2.53 bits per heavy atom. The summed E-state index contributed by atoms with van der Waals surface area (Å²) in [5, 5.41) is 3.27. The Balaban J connectivity index is 1.89. The van der Waals surface area contributed by atoms with Crippen LogP contribution in [0.5, 0.6) is 0 Å². The molecule has 0 radical (unpaired) electrons. The topological polar surface area (TPSA) is 42.2 Å². The molecule has 3 nitrogen and oxygen atoms in total. The Labute approximate surface area is 95.3 Å². The van der Waals surface area contributed by atoms with Gasteiger partial charge in [-0.2, -0.15) is 0 Å². The second-order valence-corrected chi connectivity index (χ2v) is 5.26. The van der Waals surface area contributed by atoms with Crippen molar-refractivity contribution < 1.29 is 0 Å². The molecule has 1 saturated heterocycles. The minimum atomic E-state index is 0.405. The molecule has 1 aromatic heterocycles. The van der Waals surface area contributed by atoms with Crippen molar-refractivity contribution in [1.29, 1.82) is 0 Å².